The second-order valence-electron chi connectivity index (χ2n) is 10.2. The van der Waals surface area contributed by atoms with Crippen molar-refractivity contribution in [3.8, 4) is 5.75 Å². The van der Waals surface area contributed by atoms with Crippen molar-refractivity contribution >= 4 is 49.1 Å². The third-order valence-electron chi connectivity index (χ3n) is 7.97. The normalized spacial score (nSPS) is 20.2. The van der Waals surface area contributed by atoms with Crippen LogP contribution >= 0.6 is 15.9 Å². The van der Waals surface area contributed by atoms with E-state index in [0.29, 0.717) is 75.1 Å². The molecule has 0 radical (unpaired) electrons. The fourth-order valence-corrected chi connectivity index (χ4v) is 8.37. The highest BCUT2D eigenvalue weighted by Gasteiger charge is 2.39. The molecule has 2 amide bonds. The summed E-state index contributed by atoms with van der Waals surface area (Å²) in [6.07, 6.45) is 2.20. The van der Waals surface area contributed by atoms with Crippen LogP contribution in [0.15, 0.2) is 45.8 Å². The Morgan fingerprint density at radius 3 is 2.51 bits per heavy atom. The second kappa shape index (κ2) is 11.5. The van der Waals surface area contributed by atoms with Gasteiger partial charge >= 0.3 is 0 Å². The van der Waals surface area contributed by atoms with Crippen molar-refractivity contribution in [3.63, 3.8) is 0 Å². The summed E-state index contributed by atoms with van der Waals surface area (Å²) in [6, 6.07) is 11.4. The lowest BCUT2D eigenvalue weighted by Crippen LogP contribution is -2.53. The smallest absolute Gasteiger partial charge is 0.245 e. The predicted molar refractivity (Wildman–Crippen MR) is 154 cm³/mol. The van der Waals surface area contributed by atoms with Crippen molar-refractivity contribution in [1.29, 1.82) is 0 Å². The summed E-state index contributed by atoms with van der Waals surface area (Å²) < 4.78 is 35.6. The first kappa shape index (κ1) is 27.9. The van der Waals surface area contributed by atoms with Crippen molar-refractivity contribution < 1.29 is 22.7 Å². The van der Waals surface area contributed by atoms with Crippen LogP contribution in [0.25, 0.3) is 0 Å². The lowest BCUT2D eigenvalue weighted by molar-refractivity contribution is -0.137. The number of piperidine rings is 1. The Hall–Kier alpha value is -2.63. The molecule has 39 heavy (non-hydrogen) atoms. The van der Waals surface area contributed by atoms with E-state index in [-0.39, 0.29) is 29.2 Å². The molecule has 5 rings (SSSR count). The molecule has 0 aliphatic carbocycles. The Labute approximate surface area is 238 Å². The van der Waals surface area contributed by atoms with Crippen LogP contribution in [0.4, 0.5) is 11.4 Å². The quantitative estimate of drug-likeness (QED) is 0.492. The van der Waals surface area contributed by atoms with Crippen LogP contribution in [0.1, 0.15) is 31.7 Å². The third-order valence-corrected chi connectivity index (χ3v) is 10.3. The minimum atomic E-state index is -3.92. The van der Waals surface area contributed by atoms with Gasteiger partial charge in [-0.15, -0.1) is 0 Å². The SMILES string of the molecule is CCC(=O)N1CCc2cc(Br)cc(S(=O)(=O)N3CCC[C@H](C(=O)N4CCN(c5ccccc5OC)CC4)C3)c21. The lowest BCUT2D eigenvalue weighted by Gasteiger charge is -2.39. The van der Waals surface area contributed by atoms with Gasteiger partial charge < -0.3 is 19.4 Å². The van der Waals surface area contributed by atoms with Gasteiger partial charge in [-0.3, -0.25) is 9.59 Å². The molecule has 0 aromatic heterocycles. The Morgan fingerprint density at radius 2 is 1.79 bits per heavy atom. The van der Waals surface area contributed by atoms with E-state index in [1.54, 1.807) is 25.0 Å². The van der Waals surface area contributed by atoms with Crippen LogP contribution in [-0.2, 0) is 26.0 Å². The highest BCUT2D eigenvalue weighted by Crippen LogP contribution is 2.40. The van der Waals surface area contributed by atoms with E-state index in [0.717, 1.165) is 17.0 Å². The number of piperazine rings is 1. The van der Waals surface area contributed by atoms with E-state index >= 15 is 0 Å². The Balaban J connectivity index is 1.31. The van der Waals surface area contributed by atoms with E-state index in [1.165, 1.54) is 4.31 Å². The number of halogens is 1. The number of fused-ring (bicyclic) bond motifs is 1. The van der Waals surface area contributed by atoms with E-state index in [2.05, 4.69) is 20.8 Å². The fourth-order valence-electron chi connectivity index (χ4n) is 5.92. The first-order valence-electron chi connectivity index (χ1n) is 13.5. The molecule has 1 atom stereocenters. The summed E-state index contributed by atoms with van der Waals surface area (Å²) in [4.78, 5) is 32.0. The maximum absolute atomic E-state index is 14.0. The largest absolute Gasteiger partial charge is 0.495 e. The molecule has 3 aliphatic heterocycles. The number of hydrogen-bond acceptors (Lipinski definition) is 6. The van der Waals surface area contributed by atoms with Crippen LogP contribution in [0, 0.1) is 5.92 Å². The molecule has 3 heterocycles. The van der Waals surface area contributed by atoms with Gasteiger partial charge in [0.1, 0.15) is 10.6 Å². The number of anilines is 2. The number of methoxy groups -OCH3 is 1. The number of hydrogen-bond donors (Lipinski definition) is 0. The Morgan fingerprint density at radius 1 is 1.05 bits per heavy atom. The van der Waals surface area contributed by atoms with Crippen molar-refractivity contribution in [2.45, 2.75) is 37.5 Å². The van der Waals surface area contributed by atoms with E-state index in [9.17, 15) is 18.0 Å². The zero-order valence-corrected chi connectivity index (χ0v) is 24.8. The van der Waals surface area contributed by atoms with Gasteiger partial charge in [-0.05, 0) is 49.1 Å². The van der Waals surface area contributed by atoms with E-state index in [1.807, 2.05) is 35.2 Å². The lowest BCUT2D eigenvalue weighted by atomic mass is 9.97. The molecule has 0 saturated carbocycles. The molecular weight excluding hydrogens is 584 g/mol. The zero-order chi connectivity index (χ0) is 27.7. The first-order chi connectivity index (χ1) is 18.7. The summed E-state index contributed by atoms with van der Waals surface area (Å²) in [7, 11) is -2.26. The highest BCUT2D eigenvalue weighted by atomic mass is 79.9. The van der Waals surface area contributed by atoms with Crippen molar-refractivity contribution in [1.82, 2.24) is 9.21 Å². The topological polar surface area (TPSA) is 90.5 Å². The molecule has 9 nitrogen and oxygen atoms in total. The van der Waals surface area contributed by atoms with Crippen molar-refractivity contribution in [2.75, 3.05) is 62.7 Å². The van der Waals surface area contributed by atoms with Gasteiger partial charge in [0.2, 0.25) is 21.8 Å². The number of amides is 2. The van der Waals surface area contributed by atoms with Crippen molar-refractivity contribution in [3.05, 3.63) is 46.4 Å². The highest BCUT2D eigenvalue weighted by molar-refractivity contribution is 9.10. The molecule has 210 valence electrons. The number of rotatable bonds is 6. The number of sulfonamides is 1. The van der Waals surface area contributed by atoms with Gasteiger partial charge in [-0.2, -0.15) is 4.31 Å². The van der Waals surface area contributed by atoms with Gasteiger partial charge in [0.05, 0.1) is 24.4 Å². The number of benzene rings is 2. The zero-order valence-electron chi connectivity index (χ0n) is 22.4. The number of nitrogens with zero attached hydrogens (tertiary/aromatic N) is 4. The molecule has 2 saturated heterocycles. The van der Waals surface area contributed by atoms with Gasteiger partial charge in [0, 0.05) is 56.7 Å². The van der Waals surface area contributed by atoms with Gasteiger partial charge in [-0.1, -0.05) is 35.0 Å². The van der Waals surface area contributed by atoms with Gasteiger partial charge in [-0.25, -0.2) is 8.42 Å². The summed E-state index contributed by atoms with van der Waals surface area (Å²) in [5, 5.41) is 0. The Bertz CT molecular complexity index is 1360. The standard InChI is InChI=1S/C28H35BrN4O5S/c1-3-26(34)33-12-10-20-17-22(29)18-25(27(20)33)39(36,37)32-11-6-7-21(19-32)28(35)31-15-13-30(14-16-31)23-8-4-5-9-24(23)38-2/h4-5,8-9,17-18,21H,3,6-7,10-16,19H2,1-2H3/t21-/m0/s1. The van der Waals surface area contributed by atoms with Crippen LogP contribution < -0.4 is 14.5 Å². The van der Waals surface area contributed by atoms with Crippen LogP contribution in [0.5, 0.6) is 5.75 Å². The number of carbonyl (C=O) groups excluding carboxylic acids is 2. The molecule has 2 aromatic rings. The van der Waals surface area contributed by atoms with Crippen molar-refractivity contribution in [2.24, 2.45) is 5.92 Å². The summed E-state index contributed by atoms with van der Waals surface area (Å²) >= 11 is 3.47. The maximum Gasteiger partial charge on any atom is 0.245 e. The molecule has 2 aromatic carbocycles. The summed E-state index contributed by atoms with van der Waals surface area (Å²) in [6.45, 7) is 5.29. The maximum atomic E-state index is 14.0. The fraction of sp³-hybridized carbons (Fsp3) is 0.500. The molecular formula is C28H35BrN4O5S. The van der Waals surface area contributed by atoms with E-state index < -0.39 is 10.0 Å². The molecule has 3 aliphatic rings. The van der Waals surface area contributed by atoms with Crippen LogP contribution in [-0.4, -0.2) is 82.4 Å². The summed E-state index contributed by atoms with van der Waals surface area (Å²) in [5.74, 6) is 0.340. The second-order valence-corrected chi connectivity index (χ2v) is 13.1. The minimum Gasteiger partial charge on any atom is -0.495 e. The monoisotopic (exact) mass is 618 g/mol. The molecule has 0 unspecified atom stereocenters. The van der Waals surface area contributed by atoms with Crippen LogP contribution in [0.2, 0.25) is 0 Å². The molecule has 0 spiro atoms. The molecule has 0 N–H and O–H groups in total. The minimum absolute atomic E-state index is 0.0110. The first-order valence-corrected chi connectivity index (χ1v) is 15.8. The number of para-hydroxylation sites is 2. The molecule has 2 fully saturated rings. The molecule has 11 heteroatoms. The average Bonchev–Trinajstić information content (AvgIpc) is 3.39. The molecule has 0 bridgehead atoms. The third kappa shape index (κ3) is 5.40. The van der Waals surface area contributed by atoms with E-state index in [4.69, 9.17) is 4.74 Å². The number of carbonyl (C=O) groups is 2. The summed E-state index contributed by atoms with van der Waals surface area (Å²) in [5.41, 5.74) is 2.35. The Kier molecular flexibility index (Phi) is 8.21. The van der Waals surface area contributed by atoms with Crippen LogP contribution in [0.3, 0.4) is 0 Å². The number of ether oxygens (including phenoxy) is 1. The average molecular weight is 620 g/mol. The van der Waals surface area contributed by atoms with Gasteiger partial charge in [0.25, 0.3) is 0 Å². The van der Waals surface area contributed by atoms with Gasteiger partial charge in [0.15, 0.2) is 0 Å². The predicted octanol–water partition coefficient (Wildman–Crippen LogP) is 3.51.